The van der Waals surface area contributed by atoms with Crippen LogP contribution in [0.4, 0.5) is 0 Å². The molecule has 0 aromatic heterocycles. The summed E-state index contributed by atoms with van der Waals surface area (Å²) >= 11 is 0. The minimum atomic E-state index is 0.0365. The zero-order valence-corrected chi connectivity index (χ0v) is 5.35. The second kappa shape index (κ2) is 1.69. The molecule has 0 amide bonds. The van der Waals surface area contributed by atoms with Gasteiger partial charge in [-0.25, -0.2) is 5.01 Å². The van der Waals surface area contributed by atoms with E-state index in [-0.39, 0.29) is 5.60 Å². The lowest BCUT2D eigenvalue weighted by molar-refractivity contribution is -0.111. The van der Waals surface area contributed by atoms with Gasteiger partial charge in [0.2, 0.25) is 0 Å². The quantitative estimate of drug-likeness (QED) is 0.473. The van der Waals surface area contributed by atoms with E-state index in [1.165, 1.54) is 0 Å². The van der Waals surface area contributed by atoms with Crippen molar-refractivity contribution in [2.45, 2.75) is 12.5 Å². The highest BCUT2D eigenvalue weighted by atomic mass is 16.5. The van der Waals surface area contributed by atoms with Crippen molar-refractivity contribution in [3.8, 4) is 0 Å². The van der Waals surface area contributed by atoms with Gasteiger partial charge in [0, 0.05) is 20.2 Å². The number of hydrazine groups is 1. The molecule has 1 fully saturated rings. The van der Waals surface area contributed by atoms with Gasteiger partial charge in [-0.1, -0.05) is 0 Å². The third-order valence-electron chi connectivity index (χ3n) is 1.57. The molecule has 1 saturated heterocycles. The zero-order chi connectivity index (χ0) is 6.20. The van der Waals surface area contributed by atoms with Crippen molar-refractivity contribution in [3.05, 3.63) is 0 Å². The number of hydrogen-bond donors (Lipinski definition) is 1. The topological polar surface area (TPSA) is 38.5 Å². The SMILES string of the molecule is COC1(C)CN(N)C1. The molecular weight excluding hydrogens is 104 g/mol. The third-order valence-corrected chi connectivity index (χ3v) is 1.57. The molecule has 1 aliphatic rings. The summed E-state index contributed by atoms with van der Waals surface area (Å²) in [7, 11) is 1.72. The Kier molecular flexibility index (Phi) is 1.27. The first-order valence-electron chi connectivity index (χ1n) is 2.71. The molecule has 0 aromatic carbocycles. The van der Waals surface area contributed by atoms with E-state index in [4.69, 9.17) is 10.6 Å². The molecule has 0 bridgehead atoms. The third kappa shape index (κ3) is 0.844. The van der Waals surface area contributed by atoms with Gasteiger partial charge in [0.25, 0.3) is 0 Å². The molecule has 0 saturated carbocycles. The molecule has 0 aliphatic carbocycles. The van der Waals surface area contributed by atoms with E-state index in [9.17, 15) is 0 Å². The maximum atomic E-state index is 5.38. The van der Waals surface area contributed by atoms with Crippen LogP contribution in [0.3, 0.4) is 0 Å². The fourth-order valence-corrected chi connectivity index (χ4v) is 0.942. The first kappa shape index (κ1) is 6.01. The molecule has 1 heterocycles. The van der Waals surface area contributed by atoms with Crippen molar-refractivity contribution >= 4 is 0 Å². The van der Waals surface area contributed by atoms with E-state index in [1.807, 2.05) is 0 Å². The van der Waals surface area contributed by atoms with Crippen molar-refractivity contribution in [1.29, 1.82) is 0 Å². The van der Waals surface area contributed by atoms with Crippen molar-refractivity contribution in [2.24, 2.45) is 5.84 Å². The van der Waals surface area contributed by atoms with Gasteiger partial charge >= 0.3 is 0 Å². The molecule has 0 atom stereocenters. The molecule has 3 heteroatoms. The van der Waals surface area contributed by atoms with Crippen LogP contribution in [-0.2, 0) is 4.74 Å². The minimum Gasteiger partial charge on any atom is -0.376 e. The maximum absolute atomic E-state index is 5.38. The van der Waals surface area contributed by atoms with E-state index in [1.54, 1.807) is 12.1 Å². The van der Waals surface area contributed by atoms with Crippen LogP contribution in [0.2, 0.25) is 0 Å². The number of rotatable bonds is 1. The Hall–Kier alpha value is -0.120. The van der Waals surface area contributed by atoms with Gasteiger partial charge in [0.15, 0.2) is 0 Å². The molecule has 0 unspecified atom stereocenters. The molecule has 3 nitrogen and oxygen atoms in total. The lowest BCUT2D eigenvalue weighted by Gasteiger charge is -2.43. The number of nitrogens with zero attached hydrogens (tertiary/aromatic N) is 1. The van der Waals surface area contributed by atoms with Gasteiger partial charge in [0.05, 0.1) is 5.60 Å². The first-order chi connectivity index (χ1) is 3.66. The van der Waals surface area contributed by atoms with Crippen molar-refractivity contribution in [2.75, 3.05) is 20.2 Å². The molecule has 1 aliphatic heterocycles. The van der Waals surface area contributed by atoms with Crippen LogP contribution in [0, 0.1) is 0 Å². The zero-order valence-electron chi connectivity index (χ0n) is 5.35. The monoisotopic (exact) mass is 116 g/mol. The standard InChI is InChI=1S/C5H12N2O/c1-5(8-2)3-7(6)4-5/h3-4,6H2,1-2H3. The summed E-state index contributed by atoms with van der Waals surface area (Å²) in [5.74, 6) is 5.38. The summed E-state index contributed by atoms with van der Waals surface area (Å²) in [6.07, 6.45) is 0. The highest BCUT2D eigenvalue weighted by molar-refractivity contribution is 4.89. The fourth-order valence-electron chi connectivity index (χ4n) is 0.942. The van der Waals surface area contributed by atoms with E-state index < -0.39 is 0 Å². The van der Waals surface area contributed by atoms with Gasteiger partial charge in [-0.3, -0.25) is 5.84 Å². The van der Waals surface area contributed by atoms with E-state index >= 15 is 0 Å². The van der Waals surface area contributed by atoms with E-state index in [2.05, 4.69) is 6.92 Å². The molecule has 0 aromatic rings. The van der Waals surface area contributed by atoms with Crippen molar-refractivity contribution < 1.29 is 4.74 Å². The largest absolute Gasteiger partial charge is 0.376 e. The summed E-state index contributed by atoms with van der Waals surface area (Å²) in [4.78, 5) is 0. The molecular formula is C5H12N2O. The summed E-state index contributed by atoms with van der Waals surface area (Å²) in [5, 5.41) is 1.74. The number of hydrogen-bond acceptors (Lipinski definition) is 3. The Labute approximate surface area is 49.4 Å². The van der Waals surface area contributed by atoms with Crippen LogP contribution in [0.25, 0.3) is 0 Å². The second-order valence-electron chi connectivity index (χ2n) is 2.56. The molecule has 1 rings (SSSR count). The minimum absolute atomic E-state index is 0.0365. The summed E-state index contributed by atoms with van der Waals surface area (Å²) in [6.45, 7) is 3.75. The van der Waals surface area contributed by atoms with Gasteiger partial charge in [0.1, 0.15) is 0 Å². The number of nitrogens with two attached hydrogens (primary N) is 1. The Morgan fingerprint density at radius 2 is 2.12 bits per heavy atom. The van der Waals surface area contributed by atoms with Gasteiger partial charge < -0.3 is 4.74 Å². The Bertz CT molecular complexity index is 88.4. The smallest absolute Gasteiger partial charge is 0.0931 e. The lowest BCUT2D eigenvalue weighted by Crippen LogP contribution is -2.63. The molecule has 0 spiro atoms. The number of methoxy groups -OCH3 is 1. The first-order valence-corrected chi connectivity index (χ1v) is 2.71. The highest BCUT2D eigenvalue weighted by Gasteiger charge is 2.36. The predicted octanol–water partition coefficient (Wildman–Crippen LogP) is -0.419. The normalized spacial score (nSPS) is 27.4. The van der Waals surface area contributed by atoms with Crippen molar-refractivity contribution in [3.63, 3.8) is 0 Å². The lowest BCUT2D eigenvalue weighted by atomic mass is 9.99. The summed E-state index contributed by atoms with van der Waals surface area (Å²) < 4.78 is 5.12. The van der Waals surface area contributed by atoms with E-state index in [0.717, 1.165) is 13.1 Å². The molecule has 8 heavy (non-hydrogen) atoms. The van der Waals surface area contributed by atoms with Crippen LogP contribution >= 0.6 is 0 Å². The second-order valence-corrected chi connectivity index (χ2v) is 2.56. The van der Waals surface area contributed by atoms with Gasteiger partial charge in [-0.05, 0) is 6.92 Å². The van der Waals surface area contributed by atoms with Crippen LogP contribution in [0.5, 0.6) is 0 Å². The van der Waals surface area contributed by atoms with Crippen LogP contribution in [0.15, 0.2) is 0 Å². The predicted molar refractivity (Wildman–Crippen MR) is 31.2 cm³/mol. The summed E-state index contributed by atoms with van der Waals surface area (Å²) in [5.41, 5.74) is 0.0365. The number of ether oxygens (including phenoxy) is 1. The Morgan fingerprint density at radius 3 is 2.25 bits per heavy atom. The molecule has 48 valence electrons. The summed E-state index contributed by atoms with van der Waals surface area (Å²) in [6, 6.07) is 0. The molecule has 2 N–H and O–H groups in total. The van der Waals surface area contributed by atoms with Gasteiger partial charge in [-0.15, -0.1) is 0 Å². The van der Waals surface area contributed by atoms with Gasteiger partial charge in [-0.2, -0.15) is 0 Å². The Morgan fingerprint density at radius 1 is 1.62 bits per heavy atom. The van der Waals surface area contributed by atoms with Crippen LogP contribution in [-0.4, -0.2) is 30.8 Å². The van der Waals surface area contributed by atoms with Crippen LogP contribution < -0.4 is 5.84 Å². The maximum Gasteiger partial charge on any atom is 0.0931 e. The highest BCUT2D eigenvalue weighted by Crippen LogP contribution is 2.19. The average Bonchev–Trinajstić information content (AvgIpc) is 1.63. The Balaban J connectivity index is 2.30. The van der Waals surface area contributed by atoms with Crippen LogP contribution in [0.1, 0.15) is 6.92 Å². The fraction of sp³-hybridized carbons (Fsp3) is 1.00. The average molecular weight is 116 g/mol. The van der Waals surface area contributed by atoms with Crippen molar-refractivity contribution in [1.82, 2.24) is 5.01 Å². The molecule has 0 radical (unpaired) electrons. The van der Waals surface area contributed by atoms with E-state index in [0.29, 0.717) is 0 Å².